The van der Waals surface area contributed by atoms with Crippen molar-refractivity contribution in [2.75, 3.05) is 32.8 Å². The van der Waals surface area contributed by atoms with Crippen molar-refractivity contribution in [1.29, 1.82) is 0 Å². The Hall–Kier alpha value is -2.21. The van der Waals surface area contributed by atoms with Crippen LogP contribution in [0.2, 0.25) is 5.02 Å². The van der Waals surface area contributed by atoms with Crippen LogP contribution in [0.1, 0.15) is 23.0 Å². The first-order valence-corrected chi connectivity index (χ1v) is 8.38. The number of aryl methyl sites for hydroxylation is 1. The molecule has 0 saturated carbocycles. The zero-order chi connectivity index (χ0) is 17.3. The van der Waals surface area contributed by atoms with Gasteiger partial charge in [-0.3, -0.25) is 4.79 Å². The van der Waals surface area contributed by atoms with Gasteiger partial charge in [-0.1, -0.05) is 17.7 Å². The number of H-pyrrole nitrogens is 1. The van der Waals surface area contributed by atoms with Crippen LogP contribution in [0.3, 0.4) is 0 Å². The van der Waals surface area contributed by atoms with E-state index in [9.17, 15) is 9.59 Å². The first-order valence-electron chi connectivity index (χ1n) is 8.00. The second-order valence-corrected chi connectivity index (χ2v) is 6.23. The van der Waals surface area contributed by atoms with E-state index in [0.29, 0.717) is 43.4 Å². The molecule has 1 aliphatic rings. The van der Waals surface area contributed by atoms with E-state index in [1.165, 1.54) is 0 Å². The third-order valence-corrected chi connectivity index (χ3v) is 4.49. The molecule has 1 aliphatic heterocycles. The highest BCUT2D eigenvalue weighted by molar-refractivity contribution is 6.31. The van der Waals surface area contributed by atoms with Gasteiger partial charge in [0.1, 0.15) is 0 Å². The van der Waals surface area contributed by atoms with Crippen LogP contribution in [0, 0.1) is 6.92 Å². The van der Waals surface area contributed by atoms with E-state index < -0.39 is 0 Å². The summed E-state index contributed by atoms with van der Waals surface area (Å²) < 4.78 is 5.00. The summed E-state index contributed by atoms with van der Waals surface area (Å²) in [6.45, 7) is 5.99. The number of fused-ring (bicyclic) bond motifs is 1. The Labute approximate surface area is 145 Å². The summed E-state index contributed by atoms with van der Waals surface area (Å²) in [7, 11) is 0. The molecular formula is C17H20ClN3O3. The molecule has 0 aliphatic carbocycles. The molecule has 7 heteroatoms. The van der Waals surface area contributed by atoms with Gasteiger partial charge in [-0.15, -0.1) is 0 Å². The highest BCUT2D eigenvalue weighted by Gasteiger charge is 2.27. The zero-order valence-corrected chi connectivity index (χ0v) is 14.5. The molecule has 0 bridgehead atoms. The standard InChI is InChI=1S/C17H20ClN3O3/c1-3-24-17(23)21-8-6-20(7-9-21)16(22)15-11(2)19-14-10-12(18)4-5-13(14)15/h4-5,10,19H,3,6-9H2,1-2H3. The van der Waals surface area contributed by atoms with Gasteiger partial charge in [0, 0.05) is 47.8 Å². The molecule has 1 N–H and O–H groups in total. The second kappa shape index (κ2) is 6.73. The van der Waals surface area contributed by atoms with Crippen molar-refractivity contribution in [1.82, 2.24) is 14.8 Å². The maximum atomic E-state index is 12.9. The molecule has 0 atom stereocenters. The fraction of sp³-hybridized carbons (Fsp3) is 0.412. The lowest BCUT2D eigenvalue weighted by molar-refractivity contribution is 0.0571. The minimum absolute atomic E-state index is 0.0235. The van der Waals surface area contributed by atoms with Gasteiger partial charge in [0.25, 0.3) is 5.91 Å². The summed E-state index contributed by atoms with van der Waals surface area (Å²) in [6.07, 6.45) is -0.317. The summed E-state index contributed by atoms with van der Waals surface area (Å²) in [6, 6.07) is 5.47. The Morgan fingerprint density at radius 1 is 1.21 bits per heavy atom. The molecule has 1 fully saturated rings. The number of benzene rings is 1. The first-order chi connectivity index (χ1) is 11.5. The van der Waals surface area contributed by atoms with Crippen LogP contribution in [-0.2, 0) is 4.74 Å². The summed E-state index contributed by atoms with van der Waals surface area (Å²) >= 11 is 6.02. The molecule has 1 aromatic heterocycles. The van der Waals surface area contributed by atoms with Crippen molar-refractivity contribution < 1.29 is 14.3 Å². The van der Waals surface area contributed by atoms with Crippen molar-refractivity contribution in [3.63, 3.8) is 0 Å². The lowest BCUT2D eigenvalue weighted by Crippen LogP contribution is -2.50. The lowest BCUT2D eigenvalue weighted by atomic mass is 10.1. The Kier molecular flexibility index (Phi) is 4.66. The fourth-order valence-electron chi connectivity index (χ4n) is 3.04. The van der Waals surface area contributed by atoms with Crippen molar-refractivity contribution in [3.8, 4) is 0 Å². The van der Waals surface area contributed by atoms with Crippen molar-refractivity contribution in [2.24, 2.45) is 0 Å². The number of halogens is 1. The minimum Gasteiger partial charge on any atom is -0.450 e. The second-order valence-electron chi connectivity index (χ2n) is 5.79. The van der Waals surface area contributed by atoms with Crippen LogP contribution in [-0.4, -0.2) is 59.6 Å². The Morgan fingerprint density at radius 2 is 1.88 bits per heavy atom. The quantitative estimate of drug-likeness (QED) is 0.906. The number of rotatable bonds is 2. The number of aromatic amines is 1. The van der Waals surface area contributed by atoms with E-state index in [0.717, 1.165) is 16.6 Å². The normalized spacial score (nSPS) is 15.0. The number of carbonyl (C=O) groups is 2. The summed E-state index contributed by atoms with van der Waals surface area (Å²) in [5.74, 6) is -0.0235. The number of nitrogens with one attached hydrogen (secondary N) is 1. The number of carbonyl (C=O) groups excluding carboxylic acids is 2. The monoisotopic (exact) mass is 349 g/mol. The largest absolute Gasteiger partial charge is 0.450 e. The molecule has 24 heavy (non-hydrogen) atoms. The van der Waals surface area contributed by atoms with Crippen LogP contribution in [0.15, 0.2) is 18.2 Å². The third-order valence-electron chi connectivity index (χ3n) is 4.25. The minimum atomic E-state index is -0.317. The van der Waals surface area contributed by atoms with Gasteiger partial charge in [-0.2, -0.15) is 0 Å². The third kappa shape index (κ3) is 3.06. The molecule has 1 aromatic carbocycles. The Bertz CT molecular complexity index is 779. The zero-order valence-electron chi connectivity index (χ0n) is 13.8. The van der Waals surface area contributed by atoms with Gasteiger partial charge in [0.15, 0.2) is 0 Å². The topological polar surface area (TPSA) is 65.6 Å². The molecule has 1 saturated heterocycles. The molecule has 6 nitrogen and oxygen atoms in total. The van der Waals surface area contributed by atoms with Crippen LogP contribution in [0.4, 0.5) is 4.79 Å². The van der Waals surface area contributed by atoms with Gasteiger partial charge < -0.3 is 19.5 Å². The van der Waals surface area contributed by atoms with Gasteiger partial charge >= 0.3 is 6.09 Å². The van der Waals surface area contributed by atoms with E-state index >= 15 is 0 Å². The van der Waals surface area contributed by atoms with Crippen LogP contribution < -0.4 is 0 Å². The summed E-state index contributed by atoms with van der Waals surface area (Å²) in [5, 5.41) is 1.50. The SMILES string of the molecule is CCOC(=O)N1CCN(C(=O)c2c(C)[nH]c3cc(Cl)ccc23)CC1. The van der Waals surface area contributed by atoms with E-state index in [2.05, 4.69) is 4.98 Å². The lowest BCUT2D eigenvalue weighted by Gasteiger charge is -2.34. The van der Waals surface area contributed by atoms with Crippen LogP contribution in [0.5, 0.6) is 0 Å². The molecule has 0 unspecified atom stereocenters. The predicted molar refractivity (Wildman–Crippen MR) is 92.5 cm³/mol. The molecule has 0 spiro atoms. The number of amides is 2. The van der Waals surface area contributed by atoms with Gasteiger partial charge in [0.05, 0.1) is 12.2 Å². The molecular weight excluding hydrogens is 330 g/mol. The fourth-order valence-corrected chi connectivity index (χ4v) is 3.22. The number of piperazine rings is 1. The van der Waals surface area contributed by atoms with Gasteiger partial charge in [0.2, 0.25) is 0 Å². The van der Waals surface area contributed by atoms with Crippen molar-refractivity contribution in [2.45, 2.75) is 13.8 Å². The number of nitrogens with zero attached hydrogens (tertiary/aromatic N) is 2. The molecule has 128 valence electrons. The number of ether oxygens (including phenoxy) is 1. The predicted octanol–water partition coefficient (Wildman–Crippen LogP) is 3.04. The highest BCUT2D eigenvalue weighted by Crippen LogP contribution is 2.26. The maximum Gasteiger partial charge on any atom is 0.409 e. The smallest absolute Gasteiger partial charge is 0.409 e. The Morgan fingerprint density at radius 3 is 2.54 bits per heavy atom. The number of aromatic nitrogens is 1. The highest BCUT2D eigenvalue weighted by atomic mass is 35.5. The molecule has 2 aromatic rings. The molecule has 2 heterocycles. The van der Waals surface area contributed by atoms with Crippen LogP contribution >= 0.6 is 11.6 Å². The van der Waals surface area contributed by atoms with E-state index in [1.807, 2.05) is 19.1 Å². The van der Waals surface area contributed by atoms with Gasteiger partial charge in [-0.25, -0.2) is 4.79 Å². The van der Waals surface area contributed by atoms with E-state index in [1.54, 1.807) is 22.8 Å². The first kappa shape index (κ1) is 16.6. The molecule has 3 rings (SSSR count). The average molecular weight is 350 g/mol. The van der Waals surface area contributed by atoms with Crippen molar-refractivity contribution in [3.05, 3.63) is 34.5 Å². The van der Waals surface area contributed by atoms with Gasteiger partial charge in [-0.05, 0) is 26.0 Å². The summed E-state index contributed by atoms with van der Waals surface area (Å²) in [4.78, 5) is 31.3. The number of hydrogen-bond donors (Lipinski definition) is 1. The summed E-state index contributed by atoms with van der Waals surface area (Å²) in [5.41, 5.74) is 2.35. The molecule has 2 amide bonds. The average Bonchev–Trinajstić information content (AvgIpc) is 2.89. The van der Waals surface area contributed by atoms with Crippen LogP contribution in [0.25, 0.3) is 10.9 Å². The van der Waals surface area contributed by atoms with Crippen molar-refractivity contribution >= 4 is 34.5 Å². The number of hydrogen-bond acceptors (Lipinski definition) is 3. The van der Waals surface area contributed by atoms with E-state index in [4.69, 9.17) is 16.3 Å². The molecule has 0 radical (unpaired) electrons. The van der Waals surface area contributed by atoms with E-state index in [-0.39, 0.29) is 12.0 Å². The Balaban J connectivity index is 1.77. The maximum absolute atomic E-state index is 12.9.